The highest BCUT2D eigenvalue weighted by molar-refractivity contribution is 5.50. The van der Waals surface area contributed by atoms with Crippen molar-refractivity contribution in [3.8, 4) is 11.5 Å². The Labute approximate surface area is 139 Å². The summed E-state index contributed by atoms with van der Waals surface area (Å²) in [5, 5.41) is 20.8. The number of phenolic OH excluding ortho intramolecular Hbond substituents is 2. The third kappa shape index (κ3) is 4.07. The molecule has 2 N–H and O–H groups in total. The number of benzene rings is 2. The van der Waals surface area contributed by atoms with E-state index in [1.54, 1.807) is 0 Å². The molecule has 0 aliphatic carbocycles. The maximum Gasteiger partial charge on any atom is 0.122 e. The van der Waals surface area contributed by atoms with Gasteiger partial charge in [0.2, 0.25) is 0 Å². The van der Waals surface area contributed by atoms with E-state index >= 15 is 0 Å². The van der Waals surface area contributed by atoms with Crippen molar-refractivity contribution in [2.45, 2.75) is 59.8 Å². The molecular formula is C21H28O2. The Balaban J connectivity index is 2.42. The molecule has 2 nitrogen and oxygen atoms in total. The summed E-state index contributed by atoms with van der Waals surface area (Å²) in [6, 6.07) is 8.27. The van der Waals surface area contributed by atoms with Gasteiger partial charge in [0.1, 0.15) is 11.5 Å². The van der Waals surface area contributed by atoms with Gasteiger partial charge in [-0.25, -0.2) is 0 Å². The van der Waals surface area contributed by atoms with Crippen molar-refractivity contribution in [1.29, 1.82) is 0 Å². The van der Waals surface area contributed by atoms with E-state index in [-0.39, 0.29) is 0 Å². The Hall–Kier alpha value is -1.96. The molecule has 0 aliphatic heterocycles. The molecular weight excluding hydrogens is 284 g/mol. The van der Waals surface area contributed by atoms with Crippen molar-refractivity contribution in [2.75, 3.05) is 0 Å². The molecule has 0 saturated carbocycles. The lowest BCUT2D eigenvalue weighted by molar-refractivity contribution is 0.458. The van der Waals surface area contributed by atoms with Crippen LogP contribution in [0.15, 0.2) is 24.3 Å². The van der Waals surface area contributed by atoms with Crippen LogP contribution in [0.25, 0.3) is 0 Å². The quantitative estimate of drug-likeness (QED) is 0.768. The maximum atomic E-state index is 10.4. The molecule has 2 aromatic rings. The summed E-state index contributed by atoms with van der Waals surface area (Å²) in [4.78, 5) is 0. The molecule has 23 heavy (non-hydrogen) atoms. The molecule has 0 saturated heterocycles. The molecule has 0 heterocycles. The summed E-state index contributed by atoms with van der Waals surface area (Å²) < 4.78 is 0. The molecule has 0 atom stereocenters. The molecule has 0 aromatic heterocycles. The number of hydrogen-bond donors (Lipinski definition) is 2. The molecule has 0 amide bonds. The third-order valence-corrected chi connectivity index (χ3v) is 4.34. The Morgan fingerprint density at radius 1 is 0.696 bits per heavy atom. The fourth-order valence-corrected chi connectivity index (χ4v) is 3.21. The highest BCUT2D eigenvalue weighted by Gasteiger charge is 2.12. The smallest absolute Gasteiger partial charge is 0.122 e. The topological polar surface area (TPSA) is 40.5 Å². The predicted molar refractivity (Wildman–Crippen MR) is 96.5 cm³/mol. The first-order valence-corrected chi connectivity index (χ1v) is 8.59. The van der Waals surface area contributed by atoms with Gasteiger partial charge < -0.3 is 10.2 Å². The van der Waals surface area contributed by atoms with Crippen molar-refractivity contribution in [2.24, 2.45) is 0 Å². The third-order valence-electron chi connectivity index (χ3n) is 4.34. The number of aromatic hydroxyl groups is 2. The second-order valence-electron chi connectivity index (χ2n) is 6.52. The summed E-state index contributed by atoms with van der Waals surface area (Å²) in [5.41, 5.74) is 6.12. The van der Waals surface area contributed by atoms with E-state index in [0.29, 0.717) is 17.9 Å². The van der Waals surface area contributed by atoms with E-state index in [2.05, 4.69) is 38.1 Å². The SMILES string of the molecule is CCCc1cc(C)c(O)c(Cc2cc(CCC)cc(C)c2O)c1. The maximum absolute atomic E-state index is 10.4. The normalized spacial score (nSPS) is 11.0. The van der Waals surface area contributed by atoms with Gasteiger partial charge in [-0.2, -0.15) is 0 Å². The fourth-order valence-electron chi connectivity index (χ4n) is 3.21. The predicted octanol–water partition coefficient (Wildman–Crippen LogP) is 5.21. The van der Waals surface area contributed by atoms with Crippen molar-refractivity contribution in [3.63, 3.8) is 0 Å². The molecule has 0 spiro atoms. The molecule has 124 valence electrons. The first kappa shape index (κ1) is 17.4. The van der Waals surface area contributed by atoms with Crippen molar-refractivity contribution < 1.29 is 10.2 Å². The van der Waals surface area contributed by atoms with Crippen molar-refractivity contribution in [1.82, 2.24) is 0 Å². The Morgan fingerprint density at radius 2 is 1.09 bits per heavy atom. The van der Waals surface area contributed by atoms with E-state index in [9.17, 15) is 10.2 Å². The van der Waals surface area contributed by atoms with Crippen LogP contribution in [0.3, 0.4) is 0 Å². The van der Waals surface area contributed by atoms with Gasteiger partial charge in [0, 0.05) is 6.42 Å². The second kappa shape index (κ2) is 7.54. The molecule has 0 bridgehead atoms. The van der Waals surface area contributed by atoms with Crippen LogP contribution < -0.4 is 0 Å². The fraction of sp³-hybridized carbons (Fsp3) is 0.429. The first-order chi connectivity index (χ1) is 11.0. The van der Waals surface area contributed by atoms with Gasteiger partial charge in [-0.3, -0.25) is 0 Å². The van der Waals surface area contributed by atoms with Crippen LogP contribution in [0, 0.1) is 13.8 Å². The highest BCUT2D eigenvalue weighted by Crippen LogP contribution is 2.32. The number of hydrogen-bond acceptors (Lipinski definition) is 2. The lowest BCUT2D eigenvalue weighted by atomic mass is 9.94. The second-order valence-corrected chi connectivity index (χ2v) is 6.52. The molecule has 0 unspecified atom stereocenters. The zero-order valence-corrected chi connectivity index (χ0v) is 14.7. The molecule has 0 fully saturated rings. The number of aryl methyl sites for hydroxylation is 4. The van der Waals surface area contributed by atoms with Crippen LogP contribution in [0.1, 0.15) is 60.1 Å². The van der Waals surface area contributed by atoms with E-state index in [1.807, 2.05) is 13.8 Å². The van der Waals surface area contributed by atoms with E-state index in [4.69, 9.17) is 0 Å². The van der Waals surface area contributed by atoms with E-state index < -0.39 is 0 Å². The van der Waals surface area contributed by atoms with Gasteiger partial charge in [-0.1, -0.05) is 51.0 Å². The summed E-state index contributed by atoms with van der Waals surface area (Å²) in [7, 11) is 0. The first-order valence-electron chi connectivity index (χ1n) is 8.59. The summed E-state index contributed by atoms with van der Waals surface area (Å²) in [6.45, 7) is 8.20. The van der Waals surface area contributed by atoms with Crippen molar-refractivity contribution >= 4 is 0 Å². The number of rotatable bonds is 6. The number of phenols is 2. The Bertz CT molecular complexity index is 627. The lowest BCUT2D eigenvalue weighted by Gasteiger charge is -2.14. The van der Waals surface area contributed by atoms with Gasteiger partial charge in [0.25, 0.3) is 0 Å². The zero-order valence-electron chi connectivity index (χ0n) is 14.7. The summed E-state index contributed by atoms with van der Waals surface area (Å²) in [5.74, 6) is 0.700. The molecule has 2 heteroatoms. The molecule has 2 aromatic carbocycles. The Morgan fingerprint density at radius 3 is 1.43 bits per heavy atom. The summed E-state index contributed by atoms with van der Waals surface area (Å²) in [6.07, 6.45) is 4.75. The average Bonchev–Trinajstić information content (AvgIpc) is 2.50. The van der Waals surface area contributed by atoms with Crippen LogP contribution in [0.2, 0.25) is 0 Å². The van der Waals surface area contributed by atoms with Gasteiger partial charge in [-0.05, 0) is 60.1 Å². The minimum atomic E-state index is 0.350. The van der Waals surface area contributed by atoms with Crippen molar-refractivity contribution in [3.05, 3.63) is 57.6 Å². The molecule has 0 radical (unpaired) electrons. The van der Waals surface area contributed by atoms with Crippen LogP contribution >= 0.6 is 0 Å². The van der Waals surface area contributed by atoms with Crippen LogP contribution in [0.4, 0.5) is 0 Å². The molecule has 2 rings (SSSR count). The highest BCUT2D eigenvalue weighted by atomic mass is 16.3. The Kier molecular flexibility index (Phi) is 5.70. The zero-order chi connectivity index (χ0) is 17.0. The van der Waals surface area contributed by atoms with Crippen LogP contribution in [-0.2, 0) is 19.3 Å². The van der Waals surface area contributed by atoms with Gasteiger partial charge >= 0.3 is 0 Å². The largest absolute Gasteiger partial charge is 0.507 e. The van der Waals surface area contributed by atoms with Gasteiger partial charge in [0.15, 0.2) is 0 Å². The average molecular weight is 312 g/mol. The standard InChI is InChI=1S/C21H28O2/c1-5-7-16-9-14(3)20(22)18(11-16)13-19-12-17(8-6-2)10-15(4)21(19)23/h9-12,22-23H,5-8,13H2,1-4H3. The van der Waals surface area contributed by atoms with Gasteiger partial charge in [-0.15, -0.1) is 0 Å². The van der Waals surface area contributed by atoms with E-state index in [1.165, 1.54) is 11.1 Å². The van der Waals surface area contributed by atoms with Crippen LogP contribution in [-0.4, -0.2) is 10.2 Å². The minimum Gasteiger partial charge on any atom is -0.507 e. The van der Waals surface area contributed by atoms with E-state index in [0.717, 1.165) is 47.9 Å². The van der Waals surface area contributed by atoms with Crippen LogP contribution in [0.5, 0.6) is 11.5 Å². The minimum absolute atomic E-state index is 0.350. The van der Waals surface area contributed by atoms with Gasteiger partial charge in [0.05, 0.1) is 0 Å². The lowest BCUT2D eigenvalue weighted by Crippen LogP contribution is -1.97. The molecule has 0 aliphatic rings. The monoisotopic (exact) mass is 312 g/mol. The summed E-state index contributed by atoms with van der Waals surface area (Å²) >= 11 is 0.